The molecule has 1 heterocycles. The van der Waals surface area contributed by atoms with Crippen LogP contribution in [0.4, 0.5) is 18.3 Å². The summed E-state index contributed by atoms with van der Waals surface area (Å²) in [6.07, 6.45) is -4.40. The first-order valence-corrected chi connectivity index (χ1v) is 8.72. The Kier molecular flexibility index (Phi) is 5.92. The first-order chi connectivity index (χ1) is 12.9. The fourth-order valence-corrected chi connectivity index (χ4v) is 3.12. The molecule has 2 aromatic carbocycles. The van der Waals surface area contributed by atoms with Crippen LogP contribution in [0.15, 0.2) is 48.5 Å². The average molecular weight is 396 g/mol. The highest BCUT2D eigenvalue weighted by Crippen LogP contribution is 2.30. The number of amides is 1. The lowest BCUT2D eigenvalue weighted by molar-refractivity contribution is -0.153. The van der Waals surface area contributed by atoms with Gasteiger partial charge in [0.15, 0.2) is 11.7 Å². The number of alkyl halides is 3. The quantitative estimate of drug-likeness (QED) is 0.643. The first kappa shape index (κ1) is 19.1. The van der Waals surface area contributed by atoms with E-state index in [-0.39, 0.29) is 18.3 Å². The number of halogens is 3. The molecule has 5 nitrogen and oxygen atoms in total. The minimum absolute atomic E-state index is 0.0903. The highest BCUT2D eigenvalue weighted by molar-refractivity contribution is 7.22. The molecule has 0 aliphatic rings. The number of aromatic nitrogens is 1. The molecule has 0 bridgehead atoms. The molecule has 9 heteroatoms. The predicted octanol–water partition coefficient (Wildman–Crippen LogP) is 4.39. The Hall–Kier alpha value is -2.65. The summed E-state index contributed by atoms with van der Waals surface area (Å²) in [5, 5.41) is 2.96. The summed E-state index contributed by atoms with van der Waals surface area (Å²) >= 11 is 1.14. The molecule has 1 aromatic heterocycles. The summed E-state index contributed by atoms with van der Waals surface area (Å²) in [5.74, 6) is -0.272. The third-order valence-electron chi connectivity index (χ3n) is 3.35. The largest absolute Gasteiger partial charge is 0.484 e. The van der Waals surface area contributed by atoms with E-state index < -0.39 is 12.8 Å². The second-order valence-corrected chi connectivity index (χ2v) is 6.61. The van der Waals surface area contributed by atoms with E-state index in [0.717, 1.165) is 16.9 Å². The molecule has 0 aliphatic heterocycles. The molecule has 0 aliphatic carbocycles. The van der Waals surface area contributed by atoms with Crippen molar-refractivity contribution in [3.05, 3.63) is 54.1 Å². The van der Waals surface area contributed by atoms with Gasteiger partial charge in [0.1, 0.15) is 12.4 Å². The fraction of sp³-hybridized carbons (Fsp3) is 0.222. The number of carbonyl (C=O) groups excluding carboxylic acids is 1. The molecule has 1 N–H and O–H groups in total. The predicted molar refractivity (Wildman–Crippen MR) is 95.9 cm³/mol. The number of rotatable bonds is 7. The maximum Gasteiger partial charge on any atom is 0.422 e. The van der Waals surface area contributed by atoms with Gasteiger partial charge in [-0.15, -0.1) is 0 Å². The van der Waals surface area contributed by atoms with Gasteiger partial charge in [-0.25, -0.2) is 4.98 Å². The second kappa shape index (κ2) is 8.36. The van der Waals surface area contributed by atoms with Gasteiger partial charge in [-0.1, -0.05) is 41.7 Å². The standard InChI is InChI=1S/C18H15F3N2O3S/c19-18(20,21)11-26-13-6-7-14-15(8-13)27-17(22-14)23-16(24)10-25-9-12-4-2-1-3-5-12/h1-8H,9-11H2,(H,22,23,24). The van der Waals surface area contributed by atoms with Crippen molar-refractivity contribution in [2.45, 2.75) is 12.8 Å². The van der Waals surface area contributed by atoms with Crippen molar-refractivity contribution < 1.29 is 27.4 Å². The van der Waals surface area contributed by atoms with Crippen molar-refractivity contribution >= 4 is 32.6 Å². The van der Waals surface area contributed by atoms with Gasteiger partial charge < -0.3 is 9.47 Å². The van der Waals surface area contributed by atoms with E-state index >= 15 is 0 Å². The van der Waals surface area contributed by atoms with Gasteiger partial charge in [0, 0.05) is 0 Å². The summed E-state index contributed by atoms with van der Waals surface area (Å²) < 4.78 is 47.3. The molecule has 0 unspecified atom stereocenters. The Morgan fingerprint density at radius 3 is 2.67 bits per heavy atom. The van der Waals surface area contributed by atoms with Crippen molar-refractivity contribution in [1.29, 1.82) is 0 Å². The number of hydrogen-bond donors (Lipinski definition) is 1. The third kappa shape index (κ3) is 5.93. The molecule has 0 spiro atoms. The zero-order chi connectivity index (χ0) is 19.3. The molecular weight excluding hydrogens is 381 g/mol. The molecule has 27 heavy (non-hydrogen) atoms. The van der Waals surface area contributed by atoms with Crippen LogP contribution in [0.25, 0.3) is 10.2 Å². The van der Waals surface area contributed by atoms with E-state index in [0.29, 0.717) is 22.0 Å². The maximum atomic E-state index is 12.2. The third-order valence-corrected chi connectivity index (χ3v) is 4.29. The molecule has 3 aromatic rings. The molecule has 0 atom stereocenters. The number of ether oxygens (including phenoxy) is 2. The number of carbonyl (C=O) groups is 1. The Morgan fingerprint density at radius 1 is 1.15 bits per heavy atom. The molecule has 3 rings (SSSR count). The van der Waals surface area contributed by atoms with Crippen LogP contribution in [0, 0.1) is 0 Å². The molecular formula is C18H15F3N2O3S. The maximum absolute atomic E-state index is 12.2. The lowest BCUT2D eigenvalue weighted by Gasteiger charge is -2.08. The lowest BCUT2D eigenvalue weighted by atomic mass is 10.2. The van der Waals surface area contributed by atoms with Crippen LogP contribution < -0.4 is 10.1 Å². The molecule has 142 valence electrons. The molecule has 1 amide bonds. The monoisotopic (exact) mass is 396 g/mol. The number of thiazole rings is 1. The fourth-order valence-electron chi connectivity index (χ4n) is 2.20. The molecule has 0 saturated heterocycles. The Balaban J connectivity index is 1.54. The summed E-state index contributed by atoms with van der Waals surface area (Å²) in [6.45, 7) is -1.18. The Labute approximate surface area is 156 Å². The van der Waals surface area contributed by atoms with Gasteiger partial charge in [-0.2, -0.15) is 13.2 Å². The summed E-state index contributed by atoms with van der Waals surface area (Å²) in [5.41, 5.74) is 1.51. The van der Waals surface area contributed by atoms with Gasteiger partial charge in [-0.3, -0.25) is 10.1 Å². The van der Waals surface area contributed by atoms with Gasteiger partial charge in [0.05, 0.1) is 16.8 Å². The zero-order valence-electron chi connectivity index (χ0n) is 14.0. The van der Waals surface area contributed by atoms with Crippen molar-refractivity contribution in [2.24, 2.45) is 0 Å². The Morgan fingerprint density at radius 2 is 1.93 bits per heavy atom. The van der Waals surface area contributed by atoms with Gasteiger partial charge in [0.2, 0.25) is 0 Å². The van der Waals surface area contributed by atoms with E-state index in [4.69, 9.17) is 9.47 Å². The summed E-state index contributed by atoms with van der Waals surface area (Å²) in [7, 11) is 0. The van der Waals surface area contributed by atoms with Crippen LogP contribution >= 0.6 is 11.3 Å². The topological polar surface area (TPSA) is 60.5 Å². The number of fused-ring (bicyclic) bond motifs is 1. The van der Waals surface area contributed by atoms with E-state index in [1.807, 2.05) is 30.3 Å². The van der Waals surface area contributed by atoms with E-state index in [1.165, 1.54) is 12.1 Å². The first-order valence-electron chi connectivity index (χ1n) is 7.91. The van der Waals surface area contributed by atoms with E-state index in [2.05, 4.69) is 10.3 Å². The van der Waals surface area contributed by atoms with Crippen molar-refractivity contribution in [2.75, 3.05) is 18.5 Å². The normalized spacial score (nSPS) is 11.5. The number of benzene rings is 2. The summed E-state index contributed by atoms with van der Waals surface area (Å²) in [4.78, 5) is 16.2. The van der Waals surface area contributed by atoms with E-state index in [9.17, 15) is 18.0 Å². The number of nitrogens with zero attached hydrogens (tertiary/aromatic N) is 1. The highest BCUT2D eigenvalue weighted by atomic mass is 32.1. The van der Waals surface area contributed by atoms with Crippen LogP contribution in [0.2, 0.25) is 0 Å². The van der Waals surface area contributed by atoms with Crippen LogP contribution in [0.3, 0.4) is 0 Å². The number of anilines is 1. The van der Waals surface area contributed by atoms with Crippen LogP contribution in [-0.4, -0.2) is 30.3 Å². The number of hydrogen-bond acceptors (Lipinski definition) is 5. The highest BCUT2D eigenvalue weighted by Gasteiger charge is 2.28. The molecule has 0 saturated carbocycles. The SMILES string of the molecule is O=C(COCc1ccccc1)Nc1nc2ccc(OCC(F)(F)F)cc2s1. The van der Waals surface area contributed by atoms with Gasteiger partial charge >= 0.3 is 6.18 Å². The summed E-state index contributed by atoms with van der Waals surface area (Å²) in [6, 6.07) is 13.8. The number of nitrogens with one attached hydrogen (secondary N) is 1. The second-order valence-electron chi connectivity index (χ2n) is 5.58. The minimum Gasteiger partial charge on any atom is -0.484 e. The van der Waals surface area contributed by atoms with Crippen LogP contribution in [0.5, 0.6) is 5.75 Å². The van der Waals surface area contributed by atoms with Crippen molar-refractivity contribution in [3.63, 3.8) is 0 Å². The van der Waals surface area contributed by atoms with E-state index in [1.54, 1.807) is 6.07 Å². The van der Waals surface area contributed by atoms with Crippen LogP contribution in [-0.2, 0) is 16.1 Å². The van der Waals surface area contributed by atoms with Gasteiger partial charge in [0.25, 0.3) is 5.91 Å². The Bertz CT molecular complexity index is 913. The van der Waals surface area contributed by atoms with Gasteiger partial charge in [-0.05, 0) is 23.8 Å². The molecule has 0 fully saturated rings. The van der Waals surface area contributed by atoms with Crippen molar-refractivity contribution in [1.82, 2.24) is 4.98 Å². The smallest absolute Gasteiger partial charge is 0.422 e. The minimum atomic E-state index is -4.40. The zero-order valence-corrected chi connectivity index (χ0v) is 14.8. The molecule has 0 radical (unpaired) electrons. The van der Waals surface area contributed by atoms with Crippen LogP contribution in [0.1, 0.15) is 5.56 Å². The lowest BCUT2D eigenvalue weighted by Crippen LogP contribution is -2.19. The van der Waals surface area contributed by atoms with Crippen molar-refractivity contribution in [3.8, 4) is 5.75 Å². The average Bonchev–Trinajstić information content (AvgIpc) is 3.01.